The molecule has 0 aliphatic heterocycles. The summed E-state index contributed by atoms with van der Waals surface area (Å²) >= 11 is 0. The lowest BCUT2D eigenvalue weighted by Crippen LogP contribution is -2.46. The second-order valence-corrected chi connectivity index (χ2v) is 5.39. The van der Waals surface area contributed by atoms with Crippen LogP contribution in [-0.2, 0) is 4.74 Å². The van der Waals surface area contributed by atoms with Crippen molar-refractivity contribution in [2.45, 2.75) is 39.2 Å². The number of fused-ring (bicyclic) bond motifs is 2. The average molecular weight is 183 g/mol. The third-order valence-electron chi connectivity index (χ3n) is 4.89. The summed E-state index contributed by atoms with van der Waals surface area (Å²) in [5, 5.41) is 0. The zero-order chi connectivity index (χ0) is 9.69. The van der Waals surface area contributed by atoms with Crippen molar-refractivity contribution in [1.82, 2.24) is 0 Å². The molecule has 13 heavy (non-hydrogen) atoms. The minimum atomic E-state index is 0.270. The zero-order valence-corrected chi connectivity index (χ0v) is 8.97. The fourth-order valence-corrected chi connectivity index (χ4v) is 3.75. The van der Waals surface area contributed by atoms with E-state index < -0.39 is 0 Å². The van der Waals surface area contributed by atoms with E-state index in [0.717, 1.165) is 12.5 Å². The molecule has 2 heteroatoms. The van der Waals surface area contributed by atoms with Crippen molar-refractivity contribution >= 4 is 0 Å². The average Bonchev–Trinajstić information content (AvgIpc) is 2.38. The lowest BCUT2D eigenvalue weighted by atomic mass is 9.68. The van der Waals surface area contributed by atoms with E-state index >= 15 is 0 Å². The maximum atomic E-state index is 6.24. The first kappa shape index (κ1) is 9.47. The van der Waals surface area contributed by atoms with Gasteiger partial charge in [0.1, 0.15) is 0 Å². The Morgan fingerprint density at radius 3 is 2.54 bits per heavy atom. The van der Waals surface area contributed by atoms with Gasteiger partial charge in [-0.25, -0.2) is 0 Å². The summed E-state index contributed by atoms with van der Waals surface area (Å²) in [7, 11) is 1.79. The van der Waals surface area contributed by atoms with Gasteiger partial charge < -0.3 is 10.5 Å². The van der Waals surface area contributed by atoms with E-state index in [9.17, 15) is 0 Å². The van der Waals surface area contributed by atoms with Gasteiger partial charge in [0, 0.05) is 18.6 Å². The third kappa shape index (κ3) is 0.962. The molecule has 0 aromatic rings. The van der Waals surface area contributed by atoms with Gasteiger partial charge in [-0.1, -0.05) is 13.8 Å². The Bertz CT molecular complexity index is 214. The Kier molecular flexibility index (Phi) is 1.97. The van der Waals surface area contributed by atoms with E-state index in [1.165, 1.54) is 19.3 Å². The van der Waals surface area contributed by atoms with Crippen molar-refractivity contribution < 1.29 is 4.74 Å². The van der Waals surface area contributed by atoms with Crippen LogP contribution in [0.4, 0.5) is 0 Å². The van der Waals surface area contributed by atoms with E-state index in [0.29, 0.717) is 11.5 Å². The van der Waals surface area contributed by atoms with E-state index in [2.05, 4.69) is 13.8 Å². The van der Waals surface area contributed by atoms with Crippen LogP contribution in [-0.4, -0.2) is 19.8 Å². The first-order valence-electron chi connectivity index (χ1n) is 5.29. The van der Waals surface area contributed by atoms with E-state index in [-0.39, 0.29) is 5.41 Å². The molecule has 2 N–H and O–H groups in total. The quantitative estimate of drug-likeness (QED) is 0.708. The first-order valence-corrected chi connectivity index (χ1v) is 5.29. The summed E-state index contributed by atoms with van der Waals surface area (Å²) in [4.78, 5) is 0. The smallest absolute Gasteiger partial charge is 0.0538 e. The highest BCUT2D eigenvalue weighted by molar-refractivity contribution is 5.14. The number of hydrogen-bond donors (Lipinski definition) is 1. The van der Waals surface area contributed by atoms with Crippen molar-refractivity contribution in [1.29, 1.82) is 0 Å². The molecular weight excluding hydrogens is 162 g/mol. The molecule has 0 unspecified atom stereocenters. The summed E-state index contributed by atoms with van der Waals surface area (Å²) in [6, 6.07) is 0.362. The number of rotatable bonds is 2. The molecular formula is C11H21NO. The van der Waals surface area contributed by atoms with Gasteiger partial charge >= 0.3 is 0 Å². The van der Waals surface area contributed by atoms with Crippen LogP contribution < -0.4 is 5.73 Å². The zero-order valence-electron chi connectivity index (χ0n) is 8.97. The summed E-state index contributed by atoms with van der Waals surface area (Å²) < 4.78 is 5.37. The summed E-state index contributed by atoms with van der Waals surface area (Å²) in [6.07, 6.45) is 3.82. The molecule has 0 aromatic carbocycles. The minimum absolute atomic E-state index is 0.270. The van der Waals surface area contributed by atoms with Crippen LogP contribution in [0.5, 0.6) is 0 Å². The monoisotopic (exact) mass is 183 g/mol. The number of nitrogens with two attached hydrogens (primary N) is 1. The van der Waals surface area contributed by atoms with Gasteiger partial charge in [0.2, 0.25) is 0 Å². The highest BCUT2D eigenvalue weighted by Crippen LogP contribution is 2.65. The van der Waals surface area contributed by atoms with Gasteiger partial charge in [0.05, 0.1) is 6.61 Å². The lowest BCUT2D eigenvalue weighted by molar-refractivity contribution is 0.00948. The maximum Gasteiger partial charge on any atom is 0.0538 e. The lowest BCUT2D eigenvalue weighted by Gasteiger charge is -2.40. The summed E-state index contributed by atoms with van der Waals surface area (Å²) in [6.45, 7) is 5.59. The molecule has 0 saturated heterocycles. The standard InChI is InChI=1S/C11H21NO/c1-10(2)8-4-5-11(10,7-13-3)9(12)6-8/h8-9H,4-7,12H2,1-3H3/t8-,9+,11-/m0/s1. The van der Waals surface area contributed by atoms with Crippen LogP contribution in [0.2, 0.25) is 0 Å². The maximum absolute atomic E-state index is 6.24. The molecule has 0 radical (unpaired) electrons. The molecule has 2 aliphatic carbocycles. The van der Waals surface area contributed by atoms with E-state index in [1.807, 2.05) is 0 Å². The van der Waals surface area contributed by atoms with Crippen LogP contribution in [0.15, 0.2) is 0 Å². The van der Waals surface area contributed by atoms with E-state index in [1.54, 1.807) is 7.11 Å². The molecule has 0 spiro atoms. The van der Waals surface area contributed by atoms with Gasteiger partial charge in [-0.3, -0.25) is 0 Å². The first-order chi connectivity index (χ1) is 6.04. The van der Waals surface area contributed by atoms with E-state index in [4.69, 9.17) is 10.5 Å². The van der Waals surface area contributed by atoms with Crippen LogP contribution in [0, 0.1) is 16.7 Å². The molecule has 76 valence electrons. The Hall–Kier alpha value is -0.0800. The fourth-order valence-electron chi connectivity index (χ4n) is 3.75. The van der Waals surface area contributed by atoms with Crippen molar-refractivity contribution in [3.8, 4) is 0 Å². The Morgan fingerprint density at radius 1 is 1.46 bits per heavy atom. The van der Waals surface area contributed by atoms with Crippen LogP contribution >= 0.6 is 0 Å². The van der Waals surface area contributed by atoms with Gasteiger partial charge in [-0.2, -0.15) is 0 Å². The van der Waals surface area contributed by atoms with Crippen LogP contribution in [0.1, 0.15) is 33.1 Å². The molecule has 2 fully saturated rings. The second kappa shape index (κ2) is 2.71. The molecule has 0 amide bonds. The van der Waals surface area contributed by atoms with Gasteiger partial charge in [0.25, 0.3) is 0 Å². The number of hydrogen-bond acceptors (Lipinski definition) is 2. The van der Waals surface area contributed by atoms with Crippen LogP contribution in [0.3, 0.4) is 0 Å². The van der Waals surface area contributed by atoms with Gasteiger partial charge in [-0.15, -0.1) is 0 Å². The predicted molar refractivity (Wildman–Crippen MR) is 53.4 cm³/mol. The highest BCUT2D eigenvalue weighted by atomic mass is 16.5. The molecule has 2 saturated carbocycles. The van der Waals surface area contributed by atoms with Gasteiger partial charge in [-0.05, 0) is 30.6 Å². The molecule has 0 heterocycles. The minimum Gasteiger partial charge on any atom is -0.384 e. The molecule has 3 atom stereocenters. The normalized spacial score (nSPS) is 47.1. The van der Waals surface area contributed by atoms with Crippen molar-refractivity contribution in [3.63, 3.8) is 0 Å². The summed E-state index contributed by atoms with van der Waals surface area (Å²) in [5.41, 5.74) is 6.90. The fraction of sp³-hybridized carbons (Fsp3) is 1.00. The van der Waals surface area contributed by atoms with Crippen molar-refractivity contribution in [2.24, 2.45) is 22.5 Å². The van der Waals surface area contributed by atoms with Crippen LogP contribution in [0.25, 0.3) is 0 Å². The van der Waals surface area contributed by atoms with Crippen molar-refractivity contribution in [2.75, 3.05) is 13.7 Å². The molecule has 0 aromatic heterocycles. The molecule has 2 rings (SSSR count). The Labute approximate surface area is 80.8 Å². The second-order valence-electron chi connectivity index (χ2n) is 5.39. The van der Waals surface area contributed by atoms with Crippen molar-refractivity contribution in [3.05, 3.63) is 0 Å². The molecule has 2 bridgehead atoms. The van der Waals surface area contributed by atoms with Gasteiger partial charge in [0.15, 0.2) is 0 Å². The summed E-state index contributed by atoms with van der Waals surface area (Å²) in [5.74, 6) is 0.831. The molecule has 2 nitrogen and oxygen atoms in total. The topological polar surface area (TPSA) is 35.2 Å². The Balaban J connectivity index is 2.31. The number of ether oxygens (including phenoxy) is 1. The predicted octanol–water partition coefficient (Wildman–Crippen LogP) is 1.79. The SMILES string of the molecule is COC[C@@]12CC[C@@H](C[C@H]1N)C2(C)C. The molecule has 2 aliphatic rings. The highest BCUT2D eigenvalue weighted by Gasteiger charge is 2.62. The Morgan fingerprint density at radius 2 is 2.15 bits per heavy atom. The largest absolute Gasteiger partial charge is 0.384 e. The third-order valence-corrected chi connectivity index (χ3v) is 4.89. The number of methoxy groups -OCH3 is 1.